The van der Waals surface area contributed by atoms with Gasteiger partial charge in [-0.1, -0.05) is 20.3 Å². The van der Waals surface area contributed by atoms with Crippen molar-refractivity contribution in [3.63, 3.8) is 0 Å². The number of esters is 1. The van der Waals surface area contributed by atoms with Crippen LogP contribution in [-0.2, 0) is 14.3 Å². The zero-order chi connectivity index (χ0) is 18.6. The summed E-state index contributed by atoms with van der Waals surface area (Å²) in [5, 5.41) is 9.55. The largest absolute Gasteiger partial charge is 0.462 e. The van der Waals surface area contributed by atoms with Crippen LogP contribution in [0.3, 0.4) is 0 Å². The van der Waals surface area contributed by atoms with Crippen LogP contribution in [0.1, 0.15) is 32.9 Å². The minimum absolute atomic E-state index is 0.0119. The van der Waals surface area contributed by atoms with E-state index in [-0.39, 0.29) is 30.9 Å². The van der Waals surface area contributed by atoms with Crippen LogP contribution in [0.4, 0.5) is 5.82 Å². The van der Waals surface area contributed by atoms with Crippen LogP contribution in [0.15, 0.2) is 17.1 Å². The van der Waals surface area contributed by atoms with E-state index in [0.29, 0.717) is 6.42 Å². The highest BCUT2D eigenvalue weighted by molar-refractivity contribution is 5.75. The molecule has 1 aromatic rings. The van der Waals surface area contributed by atoms with E-state index in [9.17, 15) is 14.7 Å². The quantitative estimate of drug-likeness (QED) is 0.563. The standard InChI is InChI=1S/C16H26N4O5/c1-3-9(2)14(18)15(22)24-8-11-10(7-21)6-13(25-11)20-5-4-12(17)19-16(20)23/h4-5,9-11,13-14,21H,3,6-8,18H2,1-2H3,(H2,17,19,23)/t9-,10?,11+,13+,14-/m1/s1. The van der Waals surface area contributed by atoms with Crippen molar-refractivity contribution < 1.29 is 19.4 Å². The van der Waals surface area contributed by atoms with Gasteiger partial charge in [-0.15, -0.1) is 0 Å². The molecule has 1 unspecified atom stereocenters. The number of aromatic nitrogens is 2. The fraction of sp³-hybridized carbons (Fsp3) is 0.688. The predicted octanol–water partition coefficient (Wildman–Crippen LogP) is -0.362. The number of ether oxygens (including phenoxy) is 2. The number of nitrogens with zero attached hydrogens (tertiary/aromatic N) is 2. The Kier molecular flexibility index (Phi) is 6.51. The summed E-state index contributed by atoms with van der Waals surface area (Å²) < 4.78 is 12.4. The number of nitrogens with two attached hydrogens (primary N) is 2. The van der Waals surface area contributed by atoms with Crippen molar-refractivity contribution in [2.24, 2.45) is 17.6 Å². The summed E-state index contributed by atoms with van der Waals surface area (Å²) in [7, 11) is 0. The Morgan fingerprint density at radius 2 is 2.32 bits per heavy atom. The first kappa shape index (κ1) is 19.4. The van der Waals surface area contributed by atoms with Crippen molar-refractivity contribution in [2.45, 2.75) is 45.1 Å². The fourth-order valence-corrected chi connectivity index (χ4v) is 2.72. The Morgan fingerprint density at radius 1 is 1.60 bits per heavy atom. The van der Waals surface area contributed by atoms with Gasteiger partial charge < -0.3 is 26.0 Å². The maximum Gasteiger partial charge on any atom is 0.351 e. The third-order valence-electron chi connectivity index (χ3n) is 4.68. The van der Waals surface area contributed by atoms with E-state index in [1.165, 1.54) is 16.8 Å². The molecule has 2 rings (SSSR count). The minimum atomic E-state index is -0.696. The molecule has 2 heterocycles. The number of aliphatic hydroxyl groups excluding tert-OH is 1. The molecule has 25 heavy (non-hydrogen) atoms. The second-order valence-electron chi connectivity index (χ2n) is 6.39. The summed E-state index contributed by atoms with van der Waals surface area (Å²) in [6, 6.07) is 0.802. The summed E-state index contributed by atoms with van der Waals surface area (Å²) in [6.45, 7) is 3.66. The molecule has 0 aliphatic carbocycles. The molecule has 1 aliphatic rings. The highest BCUT2D eigenvalue weighted by Gasteiger charge is 2.37. The Bertz CT molecular complexity index is 650. The smallest absolute Gasteiger partial charge is 0.351 e. The van der Waals surface area contributed by atoms with Gasteiger partial charge in [0, 0.05) is 25.1 Å². The molecule has 1 saturated heterocycles. The summed E-state index contributed by atoms with van der Waals surface area (Å²) >= 11 is 0. The molecule has 9 nitrogen and oxygen atoms in total. The van der Waals surface area contributed by atoms with Gasteiger partial charge in [0.2, 0.25) is 0 Å². The van der Waals surface area contributed by atoms with Gasteiger partial charge in [-0.05, 0) is 12.0 Å². The number of aliphatic hydroxyl groups is 1. The topological polar surface area (TPSA) is 143 Å². The van der Waals surface area contributed by atoms with Crippen LogP contribution in [0.5, 0.6) is 0 Å². The predicted molar refractivity (Wildman–Crippen MR) is 90.4 cm³/mol. The summed E-state index contributed by atoms with van der Waals surface area (Å²) in [4.78, 5) is 27.6. The van der Waals surface area contributed by atoms with Crippen molar-refractivity contribution >= 4 is 11.8 Å². The Morgan fingerprint density at radius 3 is 2.92 bits per heavy atom. The van der Waals surface area contributed by atoms with Crippen LogP contribution in [0, 0.1) is 11.8 Å². The fourth-order valence-electron chi connectivity index (χ4n) is 2.72. The zero-order valence-corrected chi connectivity index (χ0v) is 14.5. The van der Waals surface area contributed by atoms with E-state index < -0.39 is 30.0 Å². The van der Waals surface area contributed by atoms with Gasteiger partial charge in [0.1, 0.15) is 24.7 Å². The molecule has 0 saturated carbocycles. The van der Waals surface area contributed by atoms with Crippen LogP contribution in [-0.4, -0.2) is 46.0 Å². The molecule has 0 aromatic carbocycles. The van der Waals surface area contributed by atoms with Gasteiger partial charge >= 0.3 is 11.7 Å². The van der Waals surface area contributed by atoms with Crippen LogP contribution in [0.25, 0.3) is 0 Å². The monoisotopic (exact) mass is 354 g/mol. The molecular formula is C16H26N4O5. The van der Waals surface area contributed by atoms with Gasteiger partial charge in [-0.2, -0.15) is 4.98 Å². The number of carbonyl (C=O) groups excluding carboxylic acids is 1. The first-order valence-corrected chi connectivity index (χ1v) is 8.40. The molecule has 140 valence electrons. The van der Waals surface area contributed by atoms with Gasteiger partial charge in [0.15, 0.2) is 0 Å². The third kappa shape index (κ3) is 4.56. The van der Waals surface area contributed by atoms with Gasteiger partial charge in [-0.3, -0.25) is 9.36 Å². The molecule has 5 N–H and O–H groups in total. The lowest BCUT2D eigenvalue weighted by Crippen LogP contribution is -2.39. The molecule has 1 fully saturated rings. The van der Waals surface area contributed by atoms with Crippen molar-refractivity contribution in [1.82, 2.24) is 9.55 Å². The van der Waals surface area contributed by atoms with Crippen molar-refractivity contribution in [1.29, 1.82) is 0 Å². The van der Waals surface area contributed by atoms with Crippen molar-refractivity contribution in [2.75, 3.05) is 18.9 Å². The van der Waals surface area contributed by atoms with E-state index in [1.807, 2.05) is 13.8 Å². The molecule has 5 atom stereocenters. The number of rotatable bonds is 7. The highest BCUT2D eigenvalue weighted by Crippen LogP contribution is 2.32. The average Bonchev–Trinajstić information content (AvgIpc) is 3.01. The van der Waals surface area contributed by atoms with Crippen LogP contribution >= 0.6 is 0 Å². The lowest BCUT2D eigenvalue weighted by atomic mass is 10.00. The third-order valence-corrected chi connectivity index (χ3v) is 4.68. The van der Waals surface area contributed by atoms with E-state index in [0.717, 1.165) is 6.42 Å². The summed E-state index contributed by atoms with van der Waals surface area (Å²) in [5.41, 5.74) is 10.8. The molecule has 1 aliphatic heterocycles. The first-order valence-electron chi connectivity index (χ1n) is 8.40. The number of hydrogen-bond acceptors (Lipinski definition) is 8. The maximum atomic E-state index is 12.0. The Labute approximate surface area is 145 Å². The highest BCUT2D eigenvalue weighted by atomic mass is 16.6. The van der Waals surface area contributed by atoms with Crippen LogP contribution in [0.2, 0.25) is 0 Å². The Balaban J connectivity index is 1.99. The number of carbonyl (C=O) groups is 1. The number of nitrogen functional groups attached to an aromatic ring is 1. The zero-order valence-electron chi connectivity index (χ0n) is 14.5. The summed E-state index contributed by atoms with van der Waals surface area (Å²) in [6.07, 6.45) is 1.56. The lowest BCUT2D eigenvalue weighted by molar-refractivity contribution is -0.152. The molecule has 0 spiro atoms. The minimum Gasteiger partial charge on any atom is -0.462 e. The van der Waals surface area contributed by atoms with Crippen molar-refractivity contribution in [3.8, 4) is 0 Å². The maximum absolute atomic E-state index is 12.0. The molecular weight excluding hydrogens is 328 g/mol. The van der Waals surface area contributed by atoms with E-state index in [4.69, 9.17) is 20.9 Å². The molecule has 0 amide bonds. The first-order chi connectivity index (χ1) is 11.9. The Hall–Kier alpha value is -1.97. The van der Waals surface area contributed by atoms with Crippen LogP contribution < -0.4 is 17.2 Å². The lowest BCUT2D eigenvalue weighted by Gasteiger charge is -2.20. The van der Waals surface area contributed by atoms with E-state index in [1.54, 1.807) is 0 Å². The molecule has 0 bridgehead atoms. The van der Waals surface area contributed by atoms with Gasteiger partial charge in [0.05, 0.1) is 6.10 Å². The number of hydrogen-bond donors (Lipinski definition) is 3. The normalized spacial score (nSPS) is 25.5. The second-order valence-corrected chi connectivity index (χ2v) is 6.39. The molecule has 1 aromatic heterocycles. The van der Waals surface area contributed by atoms with E-state index in [2.05, 4.69) is 4.98 Å². The average molecular weight is 354 g/mol. The summed E-state index contributed by atoms with van der Waals surface area (Å²) in [5.74, 6) is -0.619. The second kappa shape index (κ2) is 8.41. The molecule has 0 radical (unpaired) electrons. The van der Waals surface area contributed by atoms with Crippen molar-refractivity contribution in [3.05, 3.63) is 22.7 Å². The SMILES string of the molecule is CC[C@@H](C)[C@@H](N)C(=O)OC[C@@H]1O[C@H](n2ccc(N)nc2=O)CC1CO. The number of anilines is 1. The van der Waals surface area contributed by atoms with E-state index >= 15 is 0 Å². The van der Waals surface area contributed by atoms with Gasteiger partial charge in [0.25, 0.3) is 0 Å². The van der Waals surface area contributed by atoms with Gasteiger partial charge in [-0.25, -0.2) is 4.79 Å². The molecule has 9 heteroatoms.